The smallest absolute Gasteiger partial charge is 0.280 e. The topological polar surface area (TPSA) is 114 Å². The maximum Gasteiger partial charge on any atom is 0.280 e. The first-order chi connectivity index (χ1) is 19.4. The SMILES string of the molecule is CC.CCC/C=C\C(N)=Nc1ccc(C(=O)NC2=NNC(C#CC3CC3)S2)c(-c2cc(C(F)F)ncc2OC)c1. The van der Waals surface area contributed by atoms with Gasteiger partial charge >= 0.3 is 0 Å². The summed E-state index contributed by atoms with van der Waals surface area (Å²) in [6.07, 6.45) is 6.08. The van der Waals surface area contributed by atoms with Crippen LogP contribution in [0.4, 0.5) is 14.5 Å². The number of nitrogens with one attached hydrogen (secondary N) is 2. The predicted octanol–water partition coefficient (Wildman–Crippen LogP) is 6.14. The van der Waals surface area contributed by atoms with E-state index in [0.29, 0.717) is 22.3 Å². The highest BCUT2D eigenvalue weighted by atomic mass is 32.2. The van der Waals surface area contributed by atoms with Gasteiger partial charge in [-0.3, -0.25) is 20.5 Å². The average Bonchev–Trinajstić information content (AvgIpc) is 3.69. The molecule has 1 amide bonds. The van der Waals surface area contributed by atoms with E-state index >= 15 is 0 Å². The van der Waals surface area contributed by atoms with Crippen LogP contribution in [0.1, 0.15) is 68.9 Å². The Morgan fingerprint density at radius 1 is 1.30 bits per heavy atom. The summed E-state index contributed by atoms with van der Waals surface area (Å²) in [5.41, 5.74) is 9.74. The molecule has 4 rings (SSSR count). The molecule has 1 saturated carbocycles. The van der Waals surface area contributed by atoms with Crippen molar-refractivity contribution in [1.82, 2.24) is 15.7 Å². The number of pyridine rings is 1. The number of carbonyl (C=O) groups excluding carboxylic acids is 1. The monoisotopic (exact) mass is 568 g/mol. The number of ether oxygens (including phenoxy) is 1. The maximum absolute atomic E-state index is 13.5. The third-order valence-electron chi connectivity index (χ3n) is 5.60. The number of methoxy groups -OCH3 is 1. The van der Waals surface area contributed by atoms with Crippen LogP contribution in [-0.2, 0) is 0 Å². The fraction of sp³-hybridized carbons (Fsp3) is 0.379. The lowest BCUT2D eigenvalue weighted by Gasteiger charge is -2.15. The third kappa shape index (κ3) is 8.55. The van der Waals surface area contributed by atoms with Crippen LogP contribution in [0.5, 0.6) is 5.75 Å². The highest BCUT2D eigenvalue weighted by Gasteiger charge is 2.24. The predicted molar refractivity (Wildman–Crippen MR) is 158 cm³/mol. The summed E-state index contributed by atoms with van der Waals surface area (Å²) < 4.78 is 32.4. The van der Waals surface area contributed by atoms with Crippen molar-refractivity contribution in [2.24, 2.45) is 21.7 Å². The number of aromatic nitrogens is 1. The molecule has 1 aliphatic heterocycles. The number of nitrogens with two attached hydrogens (primary N) is 1. The first kappa shape index (κ1) is 30.6. The van der Waals surface area contributed by atoms with Crippen molar-refractivity contribution in [3.63, 3.8) is 0 Å². The Hall–Kier alpha value is -3.91. The molecule has 11 heteroatoms. The number of thioether (sulfide) groups is 1. The molecule has 1 fully saturated rings. The van der Waals surface area contributed by atoms with E-state index in [0.717, 1.165) is 25.7 Å². The second-order valence-electron chi connectivity index (χ2n) is 8.63. The van der Waals surface area contributed by atoms with Gasteiger partial charge in [-0.15, -0.1) is 0 Å². The Kier molecular flexibility index (Phi) is 11.5. The van der Waals surface area contributed by atoms with Crippen molar-refractivity contribution in [2.45, 2.75) is 58.3 Å². The molecular formula is C29H34F2N6O2S. The molecule has 1 aromatic carbocycles. The largest absolute Gasteiger partial charge is 0.494 e. The first-order valence-electron chi connectivity index (χ1n) is 13.2. The van der Waals surface area contributed by atoms with Gasteiger partial charge in [-0.25, -0.2) is 13.8 Å². The fourth-order valence-corrected chi connectivity index (χ4v) is 4.23. The van der Waals surface area contributed by atoms with E-state index in [1.807, 2.05) is 19.9 Å². The maximum atomic E-state index is 13.5. The minimum atomic E-state index is -2.80. The van der Waals surface area contributed by atoms with Gasteiger partial charge in [-0.2, -0.15) is 5.10 Å². The molecule has 2 aromatic rings. The molecule has 1 aliphatic carbocycles. The Labute approximate surface area is 238 Å². The minimum Gasteiger partial charge on any atom is -0.494 e. The van der Waals surface area contributed by atoms with Gasteiger partial charge in [0.1, 0.15) is 17.3 Å². The normalized spacial score (nSPS) is 16.4. The highest BCUT2D eigenvalue weighted by Crippen LogP contribution is 2.37. The van der Waals surface area contributed by atoms with Crippen molar-refractivity contribution >= 4 is 34.4 Å². The Bertz CT molecular complexity index is 1350. The number of aliphatic imine (C=N–C) groups is 1. The van der Waals surface area contributed by atoms with Crippen LogP contribution in [0.2, 0.25) is 0 Å². The van der Waals surface area contributed by atoms with Crippen molar-refractivity contribution in [3.05, 3.63) is 53.9 Å². The molecule has 2 aliphatic rings. The molecule has 0 bridgehead atoms. The number of unbranched alkanes of at least 4 members (excludes halogenated alkanes) is 1. The number of alkyl halides is 2. The zero-order valence-corrected chi connectivity index (χ0v) is 23.8. The van der Waals surface area contributed by atoms with Crippen LogP contribution in [0.15, 0.2) is 52.7 Å². The number of amidine groups is 2. The zero-order valence-electron chi connectivity index (χ0n) is 23.0. The molecule has 40 heavy (non-hydrogen) atoms. The number of allylic oxidation sites excluding steroid dienone is 1. The molecule has 0 radical (unpaired) electrons. The van der Waals surface area contributed by atoms with E-state index in [1.165, 1.54) is 31.1 Å². The summed E-state index contributed by atoms with van der Waals surface area (Å²) in [6.45, 7) is 6.05. The van der Waals surface area contributed by atoms with Gasteiger partial charge in [0.05, 0.1) is 19.0 Å². The quantitative estimate of drug-likeness (QED) is 0.200. The van der Waals surface area contributed by atoms with Crippen molar-refractivity contribution in [1.29, 1.82) is 0 Å². The Balaban J connectivity index is 0.00000216. The molecule has 1 unspecified atom stereocenters. The van der Waals surface area contributed by atoms with Crippen LogP contribution in [-0.4, -0.2) is 34.4 Å². The third-order valence-corrected chi connectivity index (χ3v) is 6.48. The van der Waals surface area contributed by atoms with Crippen molar-refractivity contribution in [2.75, 3.05) is 7.11 Å². The second kappa shape index (κ2) is 15.0. The molecule has 1 aromatic heterocycles. The molecule has 1 atom stereocenters. The van der Waals surface area contributed by atoms with Crippen LogP contribution in [0.3, 0.4) is 0 Å². The summed E-state index contributed by atoms with van der Waals surface area (Å²) in [7, 11) is 1.40. The van der Waals surface area contributed by atoms with E-state index in [1.54, 1.807) is 24.3 Å². The molecular weight excluding hydrogens is 534 g/mol. The van der Waals surface area contributed by atoms with Gasteiger partial charge in [0, 0.05) is 22.6 Å². The van der Waals surface area contributed by atoms with Crippen LogP contribution in [0.25, 0.3) is 11.1 Å². The van der Waals surface area contributed by atoms with Crippen LogP contribution in [0, 0.1) is 17.8 Å². The number of hydrazone groups is 1. The van der Waals surface area contributed by atoms with E-state index in [4.69, 9.17) is 10.5 Å². The molecule has 212 valence electrons. The van der Waals surface area contributed by atoms with E-state index in [-0.39, 0.29) is 28.1 Å². The Morgan fingerprint density at radius 2 is 2.08 bits per heavy atom. The molecule has 0 spiro atoms. The van der Waals surface area contributed by atoms with Gasteiger partial charge in [0.2, 0.25) is 0 Å². The highest BCUT2D eigenvalue weighted by molar-refractivity contribution is 8.14. The van der Waals surface area contributed by atoms with E-state index in [2.05, 4.69) is 44.6 Å². The van der Waals surface area contributed by atoms with Crippen LogP contribution >= 0.6 is 11.8 Å². The van der Waals surface area contributed by atoms with Crippen molar-refractivity contribution < 1.29 is 18.3 Å². The van der Waals surface area contributed by atoms with Gasteiger partial charge < -0.3 is 10.5 Å². The lowest BCUT2D eigenvalue weighted by Crippen LogP contribution is -2.28. The number of carbonyl (C=O) groups is 1. The Morgan fingerprint density at radius 3 is 2.75 bits per heavy atom. The summed E-state index contributed by atoms with van der Waals surface area (Å²) in [4.78, 5) is 21.5. The number of rotatable bonds is 8. The lowest BCUT2D eigenvalue weighted by molar-refractivity contribution is 0.0978. The second-order valence-corrected chi connectivity index (χ2v) is 9.72. The number of hydrogen-bond acceptors (Lipinski definition) is 7. The number of nitrogens with zero attached hydrogens (tertiary/aromatic N) is 3. The van der Waals surface area contributed by atoms with Crippen LogP contribution < -0.4 is 21.2 Å². The molecule has 4 N–H and O–H groups in total. The fourth-order valence-electron chi connectivity index (χ4n) is 3.52. The summed E-state index contributed by atoms with van der Waals surface area (Å²) >= 11 is 1.29. The number of hydrogen-bond donors (Lipinski definition) is 3. The summed E-state index contributed by atoms with van der Waals surface area (Å²) in [5.74, 6) is 6.75. The lowest BCUT2D eigenvalue weighted by atomic mass is 9.97. The van der Waals surface area contributed by atoms with Gasteiger partial charge in [-0.05, 0) is 61.4 Å². The number of benzene rings is 1. The molecule has 2 heterocycles. The van der Waals surface area contributed by atoms with Gasteiger partial charge in [0.25, 0.3) is 12.3 Å². The number of halogens is 2. The molecule has 8 nitrogen and oxygen atoms in total. The average molecular weight is 569 g/mol. The van der Waals surface area contributed by atoms with E-state index < -0.39 is 18.0 Å². The first-order valence-corrected chi connectivity index (χ1v) is 14.0. The number of amides is 1. The minimum absolute atomic E-state index is 0.213. The van der Waals surface area contributed by atoms with E-state index in [9.17, 15) is 13.6 Å². The molecule has 0 saturated heterocycles. The van der Waals surface area contributed by atoms with Gasteiger partial charge in [-0.1, -0.05) is 45.1 Å². The van der Waals surface area contributed by atoms with Crippen molar-refractivity contribution in [3.8, 4) is 28.7 Å². The standard InChI is InChI=1S/C27H28F2N6O2S.C2H6/c1-3-4-5-6-23(30)32-17-10-11-18(19(13-17)20-14-21(25(28)29)31-15-22(20)37-2)26(36)33-27-35-34-24(38-27)12-9-16-7-8-16;1-2/h5-6,10-11,13-16,24-25,34H,3-4,7-8H2,1-2H3,(H2,30,32)(H,33,35,36);1-2H3/b6-5-;. The summed E-state index contributed by atoms with van der Waals surface area (Å²) in [5, 5.41) is 7.05. The van der Waals surface area contributed by atoms with Gasteiger partial charge in [0.15, 0.2) is 10.5 Å². The zero-order chi connectivity index (χ0) is 29.1. The summed E-state index contributed by atoms with van der Waals surface area (Å²) in [6, 6.07) is 6.01.